The molecule has 0 bridgehead atoms. The Morgan fingerprint density at radius 3 is 2.34 bits per heavy atom. The summed E-state index contributed by atoms with van der Waals surface area (Å²) in [5.41, 5.74) is 1.03. The molecule has 2 atom stereocenters. The number of aromatic hydroxyl groups is 4. The van der Waals surface area contributed by atoms with Crippen LogP contribution in [-0.4, -0.2) is 26.2 Å². The molecule has 170 valence electrons. The molecule has 32 heavy (non-hydrogen) atoms. The van der Waals surface area contributed by atoms with E-state index in [4.69, 9.17) is 4.74 Å². The first kappa shape index (κ1) is 23.3. The molecule has 0 aliphatic carbocycles. The fourth-order valence-corrected chi connectivity index (χ4v) is 4.19. The Morgan fingerprint density at radius 2 is 1.78 bits per heavy atom. The van der Waals surface area contributed by atoms with Crippen molar-refractivity contribution in [2.24, 2.45) is 5.92 Å². The van der Waals surface area contributed by atoms with E-state index in [1.807, 2.05) is 20.8 Å². The second kappa shape index (κ2) is 8.61. The van der Waals surface area contributed by atoms with Gasteiger partial charge in [0, 0.05) is 11.6 Å². The number of rotatable bonds is 6. The van der Waals surface area contributed by atoms with Crippen LogP contribution in [0.25, 0.3) is 0 Å². The molecule has 2 aromatic carbocycles. The molecule has 4 N–H and O–H groups in total. The van der Waals surface area contributed by atoms with E-state index in [0.29, 0.717) is 12.8 Å². The second-order valence-corrected chi connectivity index (χ2v) is 8.96. The highest BCUT2D eigenvalue weighted by Gasteiger charge is 2.43. The number of ketones is 1. The zero-order valence-corrected chi connectivity index (χ0v) is 18.9. The molecule has 2 unspecified atom stereocenters. The van der Waals surface area contributed by atoms with E-state index in [-0.39, 0.29) is 57.8 Å². The van der Waals surface area contributed by atoms with Crippen LogP contribution < -0.4 is 4.74 Å². The maximum Gasteiger partial charge on any atom is 0.174 e. The first-order valence-electron chi connectivity index (χ1n) is 10.5. The highest BCUT2D eigenvalue weighted by Crippen LogP contribution is 2.50. The maximum atomic E-state index is 13.1. The van der Waals surface area contributed by atoms with Crippen LogP contribution in [0.5, 0.6) is 28.7 Å². The van der Waals surface area contributed by atoms with E-state index < -0.39 is 11.4 Å². The molecule has 2 aromatic rings. The van der Waals surface area contributed by atoms with Gasteiger partial charge in [-0.25, -0.2) is 0 Å². The van der Waals surface area contributed by atoms with Gasteiger partial charge in [-0.1, -0.05) is 29.9 Å². The van der Waals surface area contributed by atoms with Crippen LogP contribution in [0.3, 0.4) is 0 Å². The Bertz CT molecular complexity index is 1090. The van der Waals surface area contributed by atoms with Crippen LogP contribution in [0, 0.1) is 5.92 Å². The number of carbonyl (C=O) groups excluding carboxylic acids is 1. The highest BCUT2D eigenvalue weighted by atomic mass is 16.5. The number of hydrogen-bond acceptors (Lipinski definition) is 6. The fraction of sp³-hybridized carbons (Fsp3) is 0.346. The van der Waals surface area contributed by atoms with Gasteiger partial charge in [-0.15, -0.1) is 0 Å². The van der Waals surface area contributed by atoms with Gasteiger partial charge >= 0.3 is 0 Å². The van der Waals surface area contributed by atoms with E-state index >= 15 is 0 Å². The molecule has 0 radical (unpaired) electrons. The second-order valence-electron chi connectivity index (χ2n) is 8.96. The van der Waals surface area contributed by atoms with Crippen molar-refractivity contribution >= 4 is 5.78 Å². The standard InChI is InChI=1S/C26H30O6/c1-14(2)9-10-16(15(3)4)11-17-20(29)12-22-23(25(17)31)21(30)13-26(5,32-22)24-18(27)7-6-8-19(24)28/h6-9,12,16,27-29,31H,3,10-11,13H2,1-2,4-5H3. The van der Waals surface area contributed by atoms with Crippen molar-refractivity contribution < 1.29 is 30.0 Å². The van der Waals surface area contributed by atoms with Gasteiger partial charge in [-0.2, -0.15) is 0 Å². The fourth-order valence-electron chi connectivity index (χ4n) is 4.19. The topological polar surface area (TPSA) is 107 Å². The maximum absolute atomic E-state index is 13.1. The monoisotopic (exact) mass is 438 g/mol. The number of benzene rings is 2. The van der Waals surface area contributed by atoms with Crippen molar-refractivity contribution in [1.82, 2.24) is 0 Å². The SMILES string of the molecule is C=C(C)C(CC=C(C)C)Cc1c(O)cc2c(c1O)C(=O)CC(C)(c1c(O)cccc1O)O2. The number of phenols is 4. The van der Waals surface area contributed by atoms with Crippen LogP contribution in [0.4, 0.5) is 0 Å². The average molecular weight is 439 g/mol. The van der Waals surface area contributed by atoms with Crippen LogP contribution in [0.15, 0.2) is 48.1 Å². The number of fused-ring (bicyclic) bond motifs is 1. The average Bonchev–Trinajstić information content (AvgIpc) is 2.65. The molecule has 6 nitrogen and oxygen atoms in total. The normalized spacial score (nSPS) is 18.4. The van der Waals surface area contributed by atoms with Crippen molar-refractivity contribution in [3.05, 3.63) is 64.8 Å². The zero-order chi connectivity index (χ0) is 23.8. The molecule has 3 rings (SSSR count). The lowest BCUT2D eigenvalue weighted by molar-refractivity contribution is 0.0468. The predicted octanol–water partition coefficient (Wildman–Crippen LogP) is 5.48. The van der Waals surface area contributed by atoms with E-state index in [9.17, 15) is 25.2 Å². The molecule has 0 fully saturated rings. The first-order valence-corrected chi connectivity index (χ1v) is 10.5. The van der Waals surface area contributed by atoms with Crippen molar-refractivity contribution in [3.63, 3.8) is 0 Å². The molecule has 0 spiro atoms. The summed E-state index contributed by atoms with van der Waals surface area (Å²) in [5, 5.41) is 42.2. The Balaban J connectivity index is 2.03. The van der Waals surface area contributed by atoms with Crippen molar-refractivity contribution in [2.75, 3.05) is 0 Å². The van der Waals surface area contributed by atoms with E-state index in [1.165, 1.54) is 24.3 Å². The summed E-state index contributed by atoms with van der Waals surface area (Å²) in [5.74, 6) is -1.36. The predicted molar refractivity (Wildman–Crippen MR) is 123 cm³/mol. The van der Waals surface area contributed by atoms with Crippen molar-refractivity contribution in [3.8, 4) is 28.7 Å². The van der Waals surface area contributed by atoms with Crippen LogP contribution in [0.2, 0.25) is 0 Å². The molecule has 6 heteroatoms. The molecular weight excluding hydrogens is 408 g/mol. The molecule has 0 saturated heterocycles. The number of allylic oxidation sites excluding steroid dienone is 3. The summed E-state index contributed by atoms with van der Waals surface area (Å²) < 4.78 is 6.00. The van der Waals surface area contributed by atoms with Crippen molar-refractivity contribution in [1.29, 1.82) is 0 Å². The summed E-state index contributed by atoms with van der Waals surface area (Å²) >= 11 is 0. The van der Waals surface area contributed by atoms with Gasteiger partial charge in [0.05, 0.1) is 12.0 Å². The number of hydrogen-bond donors (Lipinski definition) is 4. The third kappa shape index (κ3) is 4.31. The third-order valence-electron chi connectivity index (χ3n) is 5.97. The molecule has 1 aliphatic heterocycles. The van der Waals surface area contributed by atoms with E-state index in [2.05, 4.69) is 12.7 Å². The van der Waals surface area contributed by atoms with Gasteiger partial charge in [0.1, 0.15) is 39.9 Å². The Labute approximate surface area is 188 Å². The summed E-state index contributed by atoms with van der Waals surface area (Å²) in [4.78, 5) is 13.1. The van der Waals surface area contributed by atoms with Gasteiger partial charge in [0.15, 0.2) is 5.78 Å². The molecular formula is C26H30O6. The van der Waals surface area contributed by atoms with Crippen LogP contribution >= 0.6 is 0 Å². The van der Waals surface area contributed by atoms with Gasteiger partial charge in [0.2, 0.25) is 0 Å². The lowest BCUT2D eigenvalue weighted by Crippen LogP contribution is -2.37. The van der Waals surface area contributed by atoms with Gasteiger partial charge < -0.3 is 25.2 Å². The van der Waals surface area contributed by atoms with E-state index in [0.717, 1.165) is 11.1 Å². The lowest BCUT2D eigenvalue weighted by atomic mass is 9.82. The lowest BCUT2D eigenvalue weighted by Gasteiger charge is -2.36. The summed E-state index contributed by atoms with van der Waals surface area (Å²) in [6.07, 6.45) is 2.88. The minimum absolute atomic E-state index is 0.00123. The number of Topliss-reactive ketones (excluding diaryl/α,β-unsaturated/α-hetero) is 1. The number of ether oxygens (including phenoxy) is 1. The minimum atomic E-state index is -1.37. The third-order valence-corrected chi connectivity index (χ3v) is 5.97. The summed E-state index contributed by atoms with van der Waals surface area (Å²) in [7, 11) is 0. The molecule has 0 aromatic heterocycles. The van der Waals surface area contributed by atoms with Gasteiger partial charge in [-0.05, 0) is 58.6 Å². The van der Waals surface area contributed by atoms with E-state index in [1.54, 1.807) is 6.92 Å². The highest BCUT2D eigenvalue weighted by molar-refractivity contribution is 6.03. The number of phenolic OH excluding ortho intramolecular Hbond substituents is 4. The molecule has 0 amide bonds. The van der Waals surface area contributed by atoms with Gasteiger partial charge in [0.25, 0.3) is 0 Å². The minimum Gasteiger partial charge on any atom is -0.507 e. The summed E-state index contributed by atoms with van der Waals surface area (Å²) in [6, 6.07) is 5.58. The molecule has 0 saturated carbocycles. The quantitative estimate of drug-likeness (QED) is 0.445. The Morgan fingerprint density at radius 1 is 1.16 bits per heavy atom. The Hall–Kier alpha value is -3.41. The smallest absolute Gasteiger partial charge is 0.174 e. The number of carbonyl (C=O) groups is 1. The van der Waals surface area contributed by atoms with Crippen molar-refractivity contribution in [2.45, 2.75) is 52.6 Å². The largest absolute Gasteiger partial charge is 0.507 e. The molecule has 1 heterocycles. The first-order chi connectivity index (χ1) is 14.9. The van der Waals surface area contributed by atoms with Gasteiger partial charge in [-0.3, -0.25) is 4.79 Å². The van der Waals surface area contributed by atoms with Crippen LogP contribution in [-0.2, 0) is 12.0 Å². The Kier molecular flexibility index (Phi) is 6.26. The zero-order valence-electron chi connectivity index (χ0n) is 18.9. The van der Waals surface area contributed by atoms with Crippen LogP contribution in [0.1, 0.15) is 62.0 Å². The summed E-state index contributed by atoms with van der Waals surface area (Å²) in [6.45, 7) is 11.5. The molecule has 1 aliphatic rings.